The molecule has 0 fully saturated rings. The Hall–Kier alpha value is -2.87. The lowest BCUT2D eigenvalue weighted by atomic mass is 10.0. The fraction of sp³-hybridized carbons (Fsp3) is 0.235. The lowest BCUT2D eigenvalue weighted by molar-refractivity contribution is 0.248. The highest BCUT2D eigenvalue weighted by Gasteiger charge is 2.14. The molecule has 2 N–H and O–H groups in total. The highest BCUT2D eigenvalue weighted by Crippen LogP contribution is 2.18. The predicted molar refractivity (Wildman–Crippen MR) is 85.2 cm³/mol. The molecule has 0 aliphatic carbocycles. The van der Waals surface area contributed by atoms with Crippen LogP contribution in [0.25, 0.3) is 0 Å². The largest absolute Gasteiger partial charge is 0.331 e. The van der Waals surface area contributed by atoms with E-state index in [1.54, 1.807) is 6.07 Å². The Labute approximate surface area is 130 Å². The number of urea groups is 1. The monoisotopic (exact) mass is 294 g/mol. The zero-order valence-electron chi connectivity index (χ0n) is 12.4. The highest BCUT2D eigenvalue weighted by molar-refractivity contribution is 5.88. The van der Waals surface area contributed by atoms with Gasteiger partial charge in [0, 0.05) is 12.1 Å². The zero-order chi connectivity index (χ0) is 15.8. The van der Waals surface area contributed by atoms with E-state index >= 15 is 0 Å². The van der Waals surface area contributed by atoms with Crippen molar-refractivity contribution < 1.29 is 4.79 Å². The molecule has 1 aromatic carbocycles. The van der Waals surface area contributed by atoms with Gasteiger partial charge in [0.25, 0.3) is 0 Å². The number of aryl methyl sites for hydroxylation is 1. The number of benzene rings is 1. The van der Waals surface area contributed by atoms with E-state index in [2.05, 4.69) is 21.7 Å². The number of amides is 2. The first-order valence-electron chi connectivity index (χ1n) is 7.12. The lowest BCUT2D eigenvalue weighted by Gasteiger charge is -2.18. The summed E-state index contributed by atoms with van der Waals surface area (Å²) >= 11 is 0. The zero-order valence-corrected chi connectivity index (χ0v) is 12.4. The number of pyridine rings is 1. The molecule has 2 aromatic rings. The Balaban J connectivity index is 2.03. The van der Waals surface area contributed by atoms with Crippen LogP contribution in [0.5, 0.6) is 0 Å². The van der Waals surface area contributed by atoms with Gasteiger partial charge >= 0.3 is 6.03 Å². The second-order valence-corrected chi connectivity index (χ2v) is 4.92. The van der Waals surface area contributed by atoms with E-state index in [1.165, 1.54) is 0 Å². The summed E-state index contributed by atoms with van der Waals surface area (Å²) in [7, 11) is 0. The lowest BCUT2D eigenvalue weighted by Crippen LogP contribution is -2.32. The van der Waals surface area contributed by atoms with Crippen LogP contribution in [0.2, 0.25) is 0 Å². The van der Waals surface area contributed by atoms with Crippen molar-refractivity contribution in [1.82, 2.24) is 10.3 Å². The summed E-state index contributed by atoms with van der Waals surface area (Å²) in [5, 5.41) is 14.4. The minimum atomic E-state index is -0.329. The molecule has 0 bridgehead atoms. The maximum absolute atomic E-state index is 12.1. The number of nitrogens with one attached hydrogen (secondary N) is 2. The second kappa shape index (κ2) is 7.79. The quantitative estimate of drug-likeness (QED) is 0.885. The minimum Gasteiger partial charge on any atom is -0.331 e. The summed E-state index contributed by atoms with van der Waals surface area (Å²) in [5.74, 6) is 0.504. The molecule has 0 unspecified atom stereocenters. The molecule has 2 rings (SSSR count). The van der Waals surface area contributed by atoms with Crippen LogP contribution in [0.15, 0.2) is 48.5 Å². The Morgan fingerprint density at radius 3 is 2.68 bits per heavy atom. The van der Waals surface area contributed by atoms with Crippen molar-refractivity contribution in [2.45, 2.75) is 25.8 Å². The third kappa shape index (κ3) is 4.60. The van der Waals surface area contributed by atoms with Gasteiger partial charge in [0.1, 0.15) is 5.82 Å². The maximum atomic E-state index is 12.1. The SMILES string of the molecule is Cc1cccc(NC(=O)N[C@@H](CCC#N)c2ccccc2)n1. The van der Waals surface area contributed by atoms with E-state index in [0.717, 1.165) is 11.3 Å². The van der Waals surface area contributed by atoms with E-state index in [4.69, 9.17) is 5.26 Å². The second-order valence-electron chi connectivity index (χ2n) is 4.92. The van der Waals surface area contributed by atoms with Crippen molar-refractivity contribution in [2.75, 3.05) is 5.32 Å². The topological polar surface area (TPSA) is 77.8 Å². The van der Waals surface area contributed by atoms with Crippen molar-refractivity contribution in [3.8, 4) is 6.07 Å². The molecule has 0 radical (unpaired) electrons. The average molecular weight is 294 g/mol. The molecule has 5 heteroatoms. The average Bonchev–Trinajstić information content (AvgIpc) is 2.52. The van der Waals surface area contributed by atoms with Gasteiger partial charge < -0.3 is 5.32 Å². The summed E-state index contributed by atoms with van der Waals surface area (Å²) in [5.41, 5.74) is 1.81. The number of nitrogens with zero attached hydrogens (tertiary/aromatic N) is 2. The van der Waals surface area contributed by atoms with Gasteiger partial charge in [-0.25, -0.2) is 9.78 Å². The molecule has 22 heavy (non-hydrogen) atoms. The number of hydrogen-bond donors (Lipinski definition) is 2. The van der Waals surface area contributed by atoms with E-state index in [9.17, 15) is 4.79 Å². The third-order valence-corrected chi connectivity index (χ3v) is 3.18. The van der Waals surface area contributed by atoms with Crippen LogP contribution < -0.4 is 10.6 Å². The molecule has 0 aliphatic rings. The maximum Gasteiger partial charge on any atom is 0.320 e. The van der Waals surface area contributed by atoms with Gasteiger partial charge in [-0.3, -0.25) is 5.32 Å². The van der Waals surface area contributed by atoms with Crippen molar-refractivity contribution in [3.63, 3.8) is 0 Å². The van der Waals surface area contributed by atoms with Crippen LogP contribution >= 0.6 is 0 Å². The molecular formula is C17H18N4O. The third-order valence-electron chi connectivity index (χ3n) is 3.18. The van der Waals surface area contributed by atoms with Crippen LogP contribution in [0, 0.1) is 18.3 Å². The van der Waals surface area contributed by atoms with Crippen LogP contribution in [0.1, 0.15) is 30.1 Å². The fourth-order valence-electron chi connectivity index (χ4n) is 2.14. The van der Waals surface area contributed by atoms with Gasteiger partial charge in [-0.2, -0.15) is 5.26 Å². The Kier molecular flexibility index (Phi) is 5.50. The Morgan fingerprint density at radius 2 is 2.00 bits per heavy atom. The normalized spacial score (nSPS) is 11.3. The fourth-order valence-corrected chi connectivity index (χ4v) is 2.14. The van der Waals surface area contributed by atoms with Gasteiger partial charge in [0.05, 0.1) is 12.1 Å². The van der Waals surface area contributed by atoms with E-state index in [0.29, 0.717) is 18.7 Å². The number of carbonyl (C=O) groups excluding carboxylic acids is 1. The summed E-state index contributed by atoms with van der Waals surface area (Å²) in [6, 6.07) is 16.6. The Morgan fingerprint density at radius 1 is 1.23 bits per heavy atom. The molecule has 0 spiro atoms. The number of hydrogen-bond acceptors (Lipinski definition) is 3. The Bertz CT molecular complexity index is 664. The summed E-state index contributed by atoms with van der Waals surface area (Å²) in [4.78, 5) is 16.4. The summed E-state index contributed by atoms with van der Waals surface area (Å²) in [6.45, 7) is 1.86. The van der Waals surface area contributed by atoms with Crippen LogP contribution in [0.3, 0.4) is 0 Å². The van der Waals surface area contributed by atoms with Crippen molar-refractivity contribution in [3.05, 3.63) is 59.8 Å². The van der Waals surface area contributed by atoms with Gasteiger partial charge in [-0.1, -0.05) is 36.4 Å². The molecule has 0 saturated carbocycles. The predicted octanol–water partition coefficient (Wildman–Crippen LogP) is 3.56. The summed E-state index contributed by atoms with van der Waals surface area (Å²) < 4.78 is 0. The minimum absolute atomic E-state index is 0.203. The van der Waals surface area contributed by atoms with E-state index < -0.39 is 0 Å². The molecule has 2 amide bonds. The first-order chi connectivity index (χ1) is 10.7. The first-order valence-corrected chi connectivity index (χ1v) is 7.12. The van der Waals surface area contributed by atoms with Gasteiger partial charge in [-0.05, 0) is 31.0 Å². The molecule has 0 saturated heterocycles. The van der Waals surface area contributed by atoms with Gasteiger partial charge in [0.15, 0.2) is 0 Å². The number of rotatable bonds is 5. The van der Waals surface area contributed by atoms with Gasteiger partial charge in [-0.15, -0.1) is 0 Å². The molecule has 0 aliphatic heterocycles. The van der Waals surface area contributed by atoms with Crippen LogP contribution in [-0.2, 0) is 0 Å². The summed E-state index contributed by atoms with van der Waals surface area (Å²) in [6.07, 6.45) is 0.942. The molecule has 5 nitrogen and oxygen atoms in total. The van der Waals surface area contributed by atoms with Crippen LogP contribution in [-0.4, -0.2) is 11.0 Å². The number of aromatic nitrogens is 1. The van der Waals surface area contributed by atoms with Crippen LogP contribution in [0.4, 0.5) is 10.6 Å². The highest BCUT2D eigenvalue weighted by atomic mass is 16.2. The molecule has 1 atom stereocenters. The molecule has 1 heterocycles. The molecule has 1 aromatic heterocycles. The molecule has 112 valence electrons. The van der Waals surface area contributed by atoms with Crippen molar-refractivity contribution in [1.29, 1.82) is 5.26 Å². The first kappa shape index (κ1) is 15.5. The number of nitriles is 1. The smallest absolute Gasteiger partial charge is 0.320 e. The number of carbonyl (C=O) groups is 1. The molecular weight excluding hydrogens is 276 g/mol. The van der Waals surface area contributed by atoms with Crippen molar-refractivity contribution >= 4 is 11.8 Å². The van der Waals surface area contributed by atoms with E-state index in [1.807, 2.05) is 49.4 Å². The van der Waals surface area contributed by atoms with Gasteiger partial charge in [0.2, 0.25) is 0 Å². The standard InChI is InChI=1S/C17H18N4O/c1-13-7-5-11-16(19-13)21-17(22)20-15(10-6-12-18)14-8-3-2-4-9-14/h2-5,7-9,11,15H,6,10H2,1H3,(H2,19,20,21,22)/t15-/m0/s1. The van der Waals surface area contributed by atoms with Crippen molar-refractivity contribution in [2.24, 2.45) is 0 Å². The van der Waals surface area contributed by atoms with E-state index in [-0.39, 0.29) is 12.1 Å². The number of anilines is 1.